The molecule has 0 radical (unpaired) electrons. The first-order valence-electron chi connectivity index (χ1n) is 14.2. The van der Waals surface area contributed by atoms with Crippen LogP contribution in [0.5, 0.6) is 0 Å². The van der Waals surface area contributed by atoms with E-state index in [-0.39, 0.29) is 0 Å². The Morgan fingerprint density at radius 3 is 1.52 bits per heavy atom. The van der Waals surface area contributed by atoms with Crippen LogP contribution in [-0.2, 0) is 0 Å². The zero-order valence-corrected chi connectivity index (χ0v) is 21.4. The van der Waals surface area contributed by atoms with Crippen LogP contribution in [0.3, 0.4) is 0 Å². The molecule has 3 rings (SSSR count). The highest BCUT2D eigenvalue weighted by molar-refractivity contribution is 5.56. The van der Waals surface area contributed by atoms with E-state index in [2.05, 4.69) is 38.1 Å². The molecule has 0 aliphatic heterocycles. The molecule has 1 aromatic rings. The molecule has 180 valence electrons. The van der Waals surface area contributed by atoms with Crippen molar-refractivity contribution in [2.75, 3.05) is 0 Å². The number of nitriles is 2. The third kappa shape index (κ3) is 7.09. The van der Waals surface area contributed by atoms with Gasteiger partial charge in [-0.2, -0.15) is 10.5 Å². The van der Waals surface area contributed by atoms with Crippen LogP contribution in [0, 0.1) is 34.5 Å². The Labute approximate surface area is 203 Å². The molecule has 2 aliphatic rings. The molecular formula is C31H46N2. The molecule has 0 unspecified atom stereocenters. The smallest absolute Gasteiger partial charge is 0.101 e. The molecule has 2 aliphatic carbocycles. The van der Waals surface area contributed by atoms with Crippen molar-refractivity contribution < 1.29 is 0 Å². The van der Waals surface area contributed by atoms with E-state index in [0.717, 1.165) is 23.0 Å². The Bertz CT molecular complexity index is 795. The monoisotopic (exact) mass is 446 g/mol. The van der Waals surface area contributed by atoms with Crippen molar-refractivity contribution >= 4 is 0 Å². The second-order valence-electron chi connectivity index (χ2n) is 11.0. The van der Waals surface area contributed by atoms with Gasteiger partial charge in [-0.05, 0) is 86.2 Å². The lowest BCUT2D eigenvalue weighted by Crippen LogP contribution is -2.17. The maximum Gasteiger partial charge on any atom is 0.101 e. The number of hydrogen-bond acceptors (Lipinski definition) is 2. The summed E-state index contributed by atoms with van der Waals surface area (Å²) in [4.78, 5) is 0. The maximum atomic E-state index is 10.1. The van der Waals surface area contributed by atoms with Crippen molar-refractivity contribution in [3.05, 3.63) is 34.4 Å². The van der Waals surface area contributed by atoms with Crippen LogP contribution in [0.25, 0.3) is 0 Å². The SMILES string of the molecule is CCCCCCCCC1CCC(c2ccc(C3CCC(CCC)CC3)c(C#N)c2C#N)CC1. The fourth-order valence-corrected chi connectivity index (χ4v) is 6.70. The normalized spacial score (nSPS) is 25.3. The molecule has 0 atom stereocenters. The zero-order valence-electron chi connectivity index (χ0n) is 21.4. The van der Waals surface area contributed by atoms with Crippen molar-refractivity contribution in [2.45, 2.75) is 135 Å². The number of unbranched alkanes of at least 4 members (excludes halogenated alkanes) is 5. The largest absolute Gasteiger partial charge is 0.192 e. The summed E-state index contributed by atoms with van der Waals surface area (Å²) >= 11 is 0. The summed E-state index contributed by atoms with van der Waals surface area (Å²) < 4.78 is 0. The van der Waals surface area contributed by atoms with Gasteiger partial charge in [0.25, 0.3) is 0 Å². The minimum Gasteiger partial charge on any atom is -0.192 e. The Kier molecular flexibility index (Phi) is 10.8. The third-order valence-corrected chi connectivity index (χ3v) is 8.73. The van der Waals surface area contributed by atoms with Gasteiger partial charge in [0.05, 0.1) is 11.1 Å². The van der Waals surface area contributed by atoms with Gasteiger partial charge in [-0.25, -0.2) is 0 Å². The quantitative estimate of drug-likeness (QED) is 0.318. The maximum absolute atomic E-state index is 10.1. The van der Waals surface area contributed by atoms with Crippen molar-refractivity contribution in [3.63, 3.8) is 0 Å². The number of nitrogens with zero attached hydrogens (tertiary/aromatic N) is 2. The molecule has 2 fully saturated rings. The van der Waals surface area contributed by atoms with E-state index < -0.39 is 0 Å². The van der Waals surface area contributed by atoms with Crippen LogP contribution in [0.15, 0.2) is 12.1 Å². The number of rotatable bonds is 11. The Hall–Kier alpha value is -1.80. The van der Waals surface area contributed by atoms with Crippen molar-refractivity contribution in [3.8, 4) is 12.1 Å². The van der Waals surface area contributed by atoms with Gasteiger partial charge in [0.2, 0.25) is 0 Å². The summed E-state index contributed by atoms with van der Waals surface area (Å²) in [6.45, 7) is 4.56. The summed E-state index contributed by atoms with van der Waals surface area (Å²) in [6.07, 6.45) is 22.1. The van der Waals surface area contributed by atoms with Gasteiger partial charge < -0.3 is 0 Å². The fourth-order valence-electron chi connectivity index (χ4n) is 6.70. The van der Waals surface area contributed by atoms with E-state index in [0.29, 0.717) is 23.0 Å². The van der Waals surface area contributed by atoms with Gasteiger partial charge in [0, 0.05) is 0 Å². The van der Waals surface area contributed by atoms with Gasteiger partial charge in [-0.15, -0.1) is 0 Å². The van der Waals surface area contributed by atoms with E-state index in [1.807, 2.05) is 0 Å². The van der Waals surface area contributed by atoms with E-state index >= 15 is 0 Å². The molecule has 0 spiro atoms. The minimum absolute atomic E-state index is 0.460. The third-order valence-electron chi connectivity index (χ3n) is 8.73. The highest BCUT2D eigenvalue weighted by atomic mass is 14.4. The molecule has 2 heteroatoms. The second-order valence-corrected chi connectivity index (χ2v) is 11.0. The molecule has 0 aromatic heterocycles. The average molecular weight is 447 g/mol. The zero-order chi connectivity index (χ0) is 23.5. The van der Waals surface area contributed by atoms with Crippen LogP contribution in [0.4, 0.5) is 0 Å². The first kappa shape index (κ1) is 25.8. The van der Waals surface area contributed by atoms with Crippen molar-refractivity contribution in [2.24, 2.45) is 11.8 Å². The highest BCUT2D eigenvalue weighted by Crippen LogP contribution is 2.43. The van der Waals surface area contributed by atoms with Crippen LogP contribution < -0.4 is 0 Å². The topological polar surface area (TPSA) is 47.6 Å². The second kappa shape index (κ2) is 13.8. The van der Waals surface area contributed by atoms with Crippen LogP contribution in [-0.4, -0.2) is 0 Å². The fraction of sp³-hybridized carbons (Fsp3) is 0.742. The lowest BCUT2D eigenvalue weighted by Gasteiger charge is -2.31. The van der Waals surface area contributed by atoms with Crippen LogP contribution in [0.1, 0.15) is 157 Å². The predicted molar refractivity (Wildman–Crippen MR) is 138 cm³/mol. The summed E-state index contributed by atoms with van der Waals surface area (Å²) in [5.74, 6) is 2.65. The van der Waals surface area contributed by atoms with Crippen LogP contribution in [0.2, 0.25) is 0 Å². The Morgan fingerprint density at radius 1 is 0.606 bits per heavy atom. The molecule has 2 saturated carbocycles. The summed E-state index contributed by atoms with van der Waals surface area (Å²) in [5.41, 5.74) is 3.72. The molecule has 2 nitrogen and oxygen atoms in total. The molecule has 0 amide bonds. The molecular weight excluding hydrogens is 400 g/mol. The first-order chi connectivity index (χ1) is 16.2. The van der Waals surface area contributed by atoms with E-state index in [1.165, 1.54) is 109 Å². The molecule has 0 N–H and O–H groups in total. The van der Waals surface area contributed by atoms with Crippen LogP contribution >= 0.6 is 0 Å². The van der Waals surface area contributed by atoms with Crippen molar-refractivity contribution in [1.82, 2.24) is 0 Å². The molecule has 0 bridgehead atoms. The van der Waals surface area contributed by atoms with Gasteiger partial charge in [-0.3, -0.25) is 0 Å². The first-order valence-corrected chi connectivity index (χ1v) is 14.2. The van der Waals surface area contributed by atoms with E-state index in [9.17, 15) is 10.5 Å². The summed E-state index contributed by atoms with van der Waals surface area (Å²) in [7, 11) is 0. The molecule has 0 saturated heterocycles. The highest BCUT2D eigenvalue weighted by Gasteiger charge is 2.29. The average Bonchev–Trinajstić information content (AvgIpc) is 2.86. The Balaban J connectivity index is 1.58. The van der Waals surface area contributed by atoms with Gasteiger partial charge >= 0.3 is 0 Å². The number of benzene rings is 1. The van der Waals surface area contributed by atoms with Gasteiger partial charge in [0.1, 0.15) is 12.1 Å². The van der Waals surface area contributed by atoms with Gasteiger partial charge in [0.15, 0.2) is 0 Å². The van der Waals surface area contributed by atoms with Gasteiger partial charge in [-0.1, -0.05) is 83.8 Å². The minimum atomic E-state index is 0.460. The van der Waals surface area contributed by atoms with E-state index in [4.69, 9.17) is 0 Å². The predicted octanol–water partition coefficient (Wildman–Crippen LogP) is 9.53. The van der Waals surface area contributed by atoms with E-state index in [1.54, 1.807) is 0 Å². The lowest BCUT2D eigenvalue weighted by atomic mass is 9.73. The molecule has 33 heavy (non-hydrogen) atoms. The summed E-state index contributed by atoms with van der Waals surface area (Å²) in [5, 5.41) is 20.1. The number of hydrogen-bond donors (Lipinski definition) is 0. The van der Waals surface area contributed by atoms with Crippen molar-refractivity contribution in [1.29, 1.82) is 10.5 Å². The lowest BCUT2D eigenvalue weighted by molar-refractivity contribution is 0.301. The summed E-state index contributed by atoms with van der Waals surface area (Å²) in [6, 6.07) is 9.38. The molecule has 0 heterocycles. The Morgan fingerprint density at radius 2 is 1.06 bits per heavy atom. The molecule has 1 aromatic carbocycles. The standard InChI is InChI=1S/C31H46N2/c1-3-5-6-7-8-9-11-25-14-18-27(19-15-25)29-21-20-28(30(22-32)31(29)23-33)26-16-12-24(10-4-2)13-17-26/h20-21,24-27H,3-19H2,1-2H3.